The highest BCUT2D eigenvalue weighted by molar-refractivity contribution is 5.77. The Labute approximate surface area is 152 Å². The van der Waals surface area contributed by atoms with Gasteiger partial charge in [-0.1, -0.05) is 30.3 Å². The topological polar surface area (TPSA) is 61.8 Å². The second-order valence-electron chi connectivity index (χ2n) is 6.39. The third-order valence-electron chi connectivity index (χ3n) is 4.43. The standard InChI is InChI=1S/C20H23FN2O3/c21-16-6-8-18(9-7-16)26-14-17(24)13-23-11-10-22-20(25)12-19(23)15-4-2-1-3-5-15/h1-9,17,19,24H,10-14H2,(H,22,25)/t17-,19-/m0/s1. The molecule has 1 amide bonds. The highest BCUT2D eigenvalue weighted by Crippen LogP contribution is 2.25. The molecule has 0 spiro atoms. The van der Waals surface area contributed by atoms with E-state index in [4.69, 9.17) is 4.74 Å². The summed E-state index contributed by atoms with van der Waals surface area (Å²) >= 11 is 0. The van der Waals surface area contributed by atoms with Gasteiger partial charge in [0.05, 0.1) is 0 Å². The molecule has 3 rings (SSSR count). The zero-order chi connectivity index (χ0) is 18.4. The summed E-state index contributed by atoms with van der Waals surface area (Å²) in [5.41, 5.74) is 1.05. The Kier molecular flexibility index (Phi) is 6.20. The zero-order valence-corrected chi connectivity index (χ0v) is 14.5. The lowest BCUT2D eigenvalue weighted by Crippen LogP contribution is -2.39. The molecule has 2 atom stereocenters. The molecule has 0 bridgehead atoms. The van der Waals surface area contributed by atoms with Crippen LogP contribution in [0.15, 0.2) is 54.6 Å². The molecule has 6 heteroatoms. The number of nitrogens with zero attached hydrogens (tertiary/aromatic N) is 1. The van der Waals surface area contributed by atoms with Crippen molar-refractivity contribution in [2.75, 3.05) is 26.2 Å². The Hall–Kier alpha value is -2.44. The molecule has 2 N–H and O–H groups in total. The number of carbonyl (C=O) groups is 1. The highest BCUT2D eigenvalue weighted by Gasteiger charge is 2.27. The zero-order valence-electron chi connectivity index (χ0n) is 14.5. The predicted octanol–water partition coefficient (Wildman–Crippen LogP) is 2.13. The third-order valence-corrected chi connectivity index (χ3v) is 4.43. The normalized spacial score (nSPS) is 19.5. The molecule has 1 heterocycles. The summed E-state index contributed by atoms with van der Waals surface area (Å²) in [4.78, 5) is 14.1. The fourth-order valence-corrected chi connectivity index (χ4v) is 3.14. The number of aliphatic hydroxyl groups is 1. The minimum absolute atomic E-state index is 0.0124. The number of carbonyl (C=O) groups excluding carboxylic acids is 1. The van der Waals surface area contributed by atoms with Gasteiger partial charge in [0.1, 0.15) is 24.3 Å². The van der Waals surface area contributed by atoms with Crippen molar-refractivity contribution < 1.29 is 19.0 Å². The first kappa shape index (κ1) is 18.4. The van der Waals surface area contributed by atoms with Crippen LogP contribution in [0, 0.1) is 5.82 Å². The Morgan fingerprint density at radius 3 is 2.65 bits per heavy atom. The van der Waals surface area contributed by atoms with Crippen LogP contribution in [0.3, 0.4) is 0 Å². The van der Waals surface area contributed by atoms with E-state index < -0.39 is 6.10 Å². The van der Waals surface area contributed by atoms with Crippen molar-refractivity contribution in [3.63, 3.8) is 0 Å². The molecule has 0 unspecified atom stereocenters. The van der Waals surface area contributed by atoms with E-state index in [2.05, 4.69) is 10.2 Å². The monoisotopic (exact) mass is 358 g/mol. The summed E-state index contributed by atoms with van der Waals surface area (Å²) in [6, 6.07) is 15.4. The molecule has 0 aliphatic carbocycles. The second kappa shape index (κ2) is 8.78. The lowest BCUT2D eigenvalue weighted by atomic mass is 10.0. The van der Waals surface area contributed by atoms with Crippen molar-refractivity contribution >= 4 is 5.91 Å². The van der Waals surface area contributed by atoms with Gasteiger partial charge in [0.2, 0.25) is 5.91 Å². The summed E-state index contributed by atoms with van der Waals surface area (Å²) in [6.45, 7) is 1.69. The number of rotatable bonds is 6. The minimum Gasteiger partial charge on any atom is -0.491 e. The maximum absolute atomic E-state index is 12.9. The van der Waals surface area contributed by atoms with E-state index in [0.717, 1.165) is 5.56 Å². The van der Waals surface area contributed by atoms with Gasteiger partial charge in [-0.05, 0) is 29.8 Å². The van der Waals surface area contributed by atoms with E-state index in [0.29, 0.717) is 31.8 Å². The van der Waals surface area contributed by atoms with Crippen molar-refractivity contribution in [1.82, 2.24) is 10.2 Å². The van der Waals surface area contributed by atoms with Gasteiger partial charge in [-0.2, -0.15) is 0 Å². The molecule has 2 aromatic carbocycles. The van der Waals surface area contributed by atoms with Crippen molar-refractivity contribution in [2.24, 2.45) is 0 Å². The van der Waals surface area contributed by atoms with Gasteiger partial charge in [0.25, 0.3) is 0 Å². The average Bonchev–Trinajstić information content (AvgIpc) is 2.83. The number of β-amino-alcohol motifs (C(OH)–C–C–N with tert-alkyl or cyclic N) is 1. The molecule has 1 saturated heterocycles. The Morgan fingerprint density at radius 1 is 1.19 bits per heavy atom. The third kappa shape index (κ3) is 5.03. The summed E-state index contributed by atoms with van der Waals surface area (Å²) in [6.07, 6.45) is -0.366. The summed E-state index contributed by atoms with van der Waals surface area (Å²) in [5, 5.41) is 13.3. The predicted molar refractivity (Wildman–Crippen MR) is 96.3 cm³/mol. The van der Waals surface area contributed by atoms with Gasteiger partial charge in [0.15, 0.2) is 0 Å². The van der Waals surface area contributed by atoms with Crippen molar-refractivity contribution in [2.45, 2.75) is 18.6 Å². The first-order chi connectivity index (χ1) is 12.6. The van der Waals surface area contributed by atoms with Crippen LogP contribution in [0.25, 0.3) is 0 Å². The number of hydrogen-bond donors (Lipinski definition) is 2. The Balaban J connectivity index is 1.62. The lowest BCUT2D eigenvalue weighted by Gasteiger charge is -2.31. The largest absolute Gasteiger partial charge is 0.491 e. The number of aliphatic hydroxyl groups excluding tert-OH is 1. The number of ether oxygens (including phenoxy) is 1. The van der Waals surface area contributed by atoms with Gasteiger partial charge in [0, 0.05) is 32.1 Å². The van der Waals surface area contributed by atoms with Gasteiger partial charge < -0.3 is 15.2 Å². The van der Waals surface area contributed by atoms with Crippen LogP contribution in [0.4, 0.5) is 4.39 Å². The molecule has 1 fully saturated rings. The van der Waals surface area contributed by atoms with E-state index in [9.17, 15) is 14.3 Å². The number of amides is 1. The van der Waals surface area contributed by atoms with Gasteiger partial charge in [-0.3, -0.25) is 9.69 Å². The molecule has 0 aromatic heterocycles. The SMILES string of the molecule is O=C1C[C@@H](c2ccccc2)N(C[C@H](O)COc2ccc(F)cc2)CCN1. The van der Waals surface area contributed by atoms with Gasteiger partial charge in [-0.15, -0.1) is 0 Å². The maximum Gasteiger partial charge on any atom is 0.221 e. The Bertz CT molecular complexity index is 709. The molecule has 1 aliphatic rings. The van der Waals surface area contributed by atoms with Crippen molar-refractivity contribution in [1.29, 1.82) is 0 Å². The fourth-order valence-electron chi connectivity index (χ4n) is 3.14. The number of benzene rings is 2. The molecule has 0 radical (unpaired) electrons. The van der Waals surface area contributed by atoms with Crippen LogP contribution in [0.5, 0.6) is 5.75 Å². The van der Waals surface area contributed by atoms with E-state index in [1.807, 2.05) is 30.3 Å². The maximum atomic E-state index is 12.9. The first-order valence-electron chi connectivity index (χ1n) is 8.74. The molecule has 1 aliphatic heterocycles. The van der Waals surface area contributed by atoms with Crippen LogP contribution in [0.1, 0.15) is 18.0 Å². The van der Waals surface area contributed by atoms with Crippen LogP contribution >= 0.6 is 0 Å². The van der Waals surface area contributed by atoms with Crippen molar-refractivity contribution in [3.8, 4) is 5.75 Å². The lowest BCUT2D eigenvalue weighted by molar-refractivity contribution is -0.121. The number of hydrogen-bond acceptors (Lipinski definition) is 4. The van der Waals surface area contributed by atoms with Crippen LogP contribution in [0.2, 0.25) is 0 Å². The van der Waals surface area contributed by atoms with Crippen LogP contribution in [-0.2, 0) is 4.79 Å². The van der Waals surface area contributed by atoms with E-state index >= 15 is 0 Å². The molecule has 5 nitrogen and oxygen atoms in total. The van der Waals surface area contributed by atoms with Crippen LogP contribution in [-0.4, -0.2) is 48.3 Å². The first-order valence-corrected chi connectivity index (χ1v) is 8.74. The van der Waals surface area contributed by atoms with E-state index in [1.54, 1.807) is 0 Å². The average molecular weight is 358 g/mol. The Morgan fingerprint density at radius 2 is 1.92 bits per heavy atom. The fraction of sp³-hybridized carbons (Fsp3) is 0.350. The minimum atomic E-state index is -0.723. The molecule has 0 saturated carbocycles. The second-order valence-corrected chi connectivity index (χ2v) is 6.39. The smallest absolute Gasteiger partial charge is 0.221 e. The quantitative estimate of drug-likeness (QED) is 0.831. The number of nitrogens with one attached hydrogen (secondary N) is 1. The van der Waals surface area contributed by atoms with E-state index in [-0.39, 0.29) is 24.4 Å². The van der Waals surface area contributed by atoms with Crippen molar-refractivity contribution in [3.05, 3.63) is 66.0 Å². The summed E-state index contributed by atoms with van der Waals surface area (Å²) < 4.78 is 18.5. The van der Waals surface area contributed by atoms with E-state index in [1.165, 1.54) is 24.3 Å². The molecular formula is C20H23FN2O3. The summed E-state index contributed by atoms with van der Waals surface area (Å²) in [7, 11) is 0. The molecule has 26 heavy (non-hydrogen) atoms. The highest BCUT2D eigenvalue weighted by atomic mass is 19.1. The molecular weight excluding hydrogens is 335 g/mol. The summed E-state index contributed by atoms with van der Waals surface area (Å²) in [5.74, 6) is 0.196. The van der Waals surface area contributed by atoms with Gasteiger partial charge >= 0.3 is 0 Å². The van der Waals surface area contributed by atoms with Gasteiger partial charge in [-0.25, -0.2) is 4.39 Å². The molecule has 2 aromatic rings. The number of halogens is 1. The molecule has 138 valence electrons. The van der Waals surface area contributed by atoms with Crippen LogP contribution < -0.4 is 10.1 Å².